The molecule has 0 radical (unpaired) electrons. The van der Waals surface area contributed by atoms with E-state index in [1.54, 1.807) is 0 Å². The average molecular weight is 407 g/mol. The highest BCUT2D eigenvalue weighted by molar-refractivity contribution is 6.31. The molecule has 1 aliphatic heterocycles. The Labute approximate surface area is 174 Å². The standard InChI is InChI=1S/C22H35ClN4O/c1-24-22(25-11-4-14-28-17-19-7-8-19)26-15-18-9-12-27(13-10-18)16-20-5-2-3-6-21(20)23/h2-3,5-6,18-19H,4,7-17H2,1H3,(H2,24,25,26). The first-order chi connectivity index (χ1) is 13.7. The van der Waals surface area contributed by atoms with Gasteiger partial charge in [0.2, 0.25) is 0 Å². The van der Waals surface area contributed by atoms with Gasteiger partial charge in [-0.2, -0.15) is 0 Å². The van der Waals surface area contributed by atoms with Gasteiger partial charge >= 0.3 is 0 Å². The van der Waals surface area contributed by atoms with E-state index in [2.05, 4.69) is 32.7 Å². The summed E-state index contributed by atoms with van der Waals surface area (Å²) >= 11 is 6.29. The Hall–Kier alpha value is -1.30. The summed E-state index contributed by atoms with van der Waals surface area (Å²) in [5.74, 6) is 2.45. The molecule has 0 bridgehead atoms. The van der Waals surface area contributed by atoms with Crippen LogP contribution in [-0.4, -0.2) is 57.3 Å². The van der Waals surface area contributed by atoms with E-state index >= 15 is 0 Å². The number of hydrogen-bond acceptors (Lipinski definition) is 3. The molecule has 0 spiro atoms. The van der Waals surface area contributed by atoms with Gasteiger partial charge in [0.05, 0.1) is 0 Å². The highest BCUT2D eigenvalue weighted by atomic mass is 35.5. The number of piperidine rings is 1. The number of aliphatic imine (C=N–C) groups is 1. The lowest BCUT2D eigenvalue weighted by atomic mass is 9.96. The fraction of sp³-hybridized carbons (Fsp3) is 0.682. The minimum Gasteiger partial charge on any atom is -0.381 e. The van der Waals surface area contributed by atoms with Gasteiger partial charge in [0.1, 0.15) is 0 Å². The molecule has 1 saturated carbocycles. The Morgan fingerprint density at radius 3 is 2.64 bits per heavy atom. The second-order valence-electron chi connectivity index (χ2n) is 8.06. The fourth-order valence-corrected chi connectivity index (χ4v) is 3.79. The van der Waals surface area contributed by atoms with E-state index in [1.165, 1.54) is 31.2 Å². The maximum absolute atomic E-state index is 6.29. The third-order valence-electron chi connectivity index (χ3n) is 5.65. The van der Waals surface area contributed by atoms with Crippen LogP contribution in [0.3, 0.4) is 0 Å². The zero-order valence-corrected chi connectivity index (χ0v) is 17.9. The third-order valence-corrected chi connectivity index (χ3v) is 6.02. The molecule has 28 heavy (non-hydrogen) atoms. The third kappa shape index (κ3) is 7.61. The highest BCUT2D eigenvalue weighted by Gasteiger charge is 2.21. The predicted molar refractivity (Wildman–Crippen MR) is 117 cm³/mol. The molecule has 0 unspecified atom stereocenters. The van der Waals surface area contributed by atoms with Crippen LogP contribution < -0.4 is 10.6 Å². The molecule has 2 aliphatic rings. The van der Waals surface area contributed by atoms with E-state index in [-0.39, 0.29) is 0 Å². The monoisotopic (exact) mass is 406 g/mol. The second-order valence-corrected chi connectivity index (χ2v) is 8.47. The van der Waals surface area contributed by atoms with E-state index in [4.69, 9.17) is 16.3 Å². The molecule has 3 rings (SSSR count). The number of nitrogens with zero attached hydrogens (tertiary/aromatic N) is 2. The minimum absolute atomic E-state index is 0.697. The van der Waals surface area contributed by atoms with Gasteiger partial charge in [0.15, 0.2) is 5.96 Å². The molecular formula is C22H35ClN4O. The molecule has 156 valence electrons. The van der Waals surface area contributed by atoms with Crippen molar-refractivity contribution in [3.63, 3.8) is 0 Å². The summed E-state index contributed by atoms with van der Waals surface area (Å²) in [6.07, 6.45) is 6.15. The van der Waals surface area contributed by atoms with Gasteiger partial charge < -0.3 is 15.4 Å². The zero-order valence-electron chi connectivity index (χ0n) is 17.1. The summed E-state index contributed by atoms with van der Waals surface area (Å²) in [5.41, 5.74) is 1.23. The number of guanidine groups is 1. The van der Waals surface area contributed by atoms with Gasteiger partial charge in [0.25, 0.3) is 0 Å². The van der Waals surface area contributed by atoms with Crippen LogP contribution in [0, 0.1) is 11.8 Å². The van der Waals surface area contributed by atoms with Crippen molar-refractivity contribution in [1.82, 2.24) is 15.5 Å². The average Bonchev–Trinajstić information content (AvgIpc) is 3.54. The van der Waals surface area contributed by atoms with Crippen LogP contribution in [0.25, 0.3) is 0 Å². The molecule has 1 aliphatic carbocycles. The molecule has 1 aromatic rings. The van der Waals surface area contributed by atoms with Gasteiger partial charge in [-0.3, -0.25) is 9.89 Å². The van der Waals surface area contributed by atoms with Crippen LogP contribution in [0.2, 0.25) is 5.02 Å². The van der Waals surface area contributed by atoms with Crippen LogP contribution in [0.1, 0.15) is 37.7 Å². The largest absolute Gasteiger partial charge is 0.381 e. The van der Waals surface area contributed by atoms with Gasteiger partial charge in [-0.05, 0) is 68.7 Å². The van der Waals surface area contributed by atoms with Gasteiger partial charge in [-0.25, -0.2) is 0 Å². The number of likely N-dealkylation sites (tertiary alicyclic amines) is 1. The lowest BCUT2D eigenvalue weighted by molar-refractivity contribution is 0.123. The number of halogens is 1. The lowest BCUT2D eigenvalue weighted by Gasteiger charge is -2.32. The highest BCUT2D eigenvalue weighted by Crippen LogP contribution is 2.28. The zero-order chi connectivity index (χ0) is 19.6. The van der Waals surface area contributed by atoms with Crippen molar-refractivity contribution in [3.8, 4) is 0 Å². The maximum Gasteiger partial charge on any atom is 0.190 e. The van der Waals surface area contributed by atoms with Crippen LogP contribution in [0.15, 0.2) is 29.3 Å². The van der Waals surface area contributed by atoms with Crippen molar-refractivity contribution in [1.29, 1.82) is 0 Å². The van der Waals surface area contributed by atoms with Crippen LogP contribution in [0.5, 0.6) is 0 Å². The summed E-state index contributed by atoms with van der Waals surface area (Å²) < 4.78 is 5.67. The normalized spacial score (nSPS) is 19.0. The Morgan fingerprint density at radius 2 is 1.93 bits per heavy atom. The quantitative estimate of drug-likeness (QED) is 0.354. The van der Waals surface area contributed by atoms with E-state index in [0.29, 0.717) is 5.92 Å². The number of hydrogen-bond donors (Lipinski definition) is 2. The number of ether oxygens (including phenoxy) is 1. The molecule has 0 atom stereocenters. The van der Waals surface area contributed by atoms with Crippen molar-refractivity contribution < 1.29 is 4.74 Å². The van der Waals surface area contributed by atoms with Crippen molar-refractivity contribution in [2.45, 2.75) is 38.6 Å². The van der Waals surface area contributed by atoms with E-state index < -0.39 is 0 Å². The number of rotatable bonds is 10. The fourth-order valence-electron chi connectivity index (χ4n) is 3.59. The molecule has 0 amide bonds. The SMILES string of the molecule is CN=C(NCCCOCC1CC1)NCC1CCN(Cc2ccccc2Cl)CC1. The van der Waals surface area contributed by atoms with Gasteiger partial charge in [0, 0.05) is 44.9 Å². The van der Waals surface area contributed by atoms with Crippen molar-refractivity contribution in [2.75, 3.05) is 46.4 Å². The van der Waals surface area contributed by atoms with E-state index in [0.717, 1.165) is 69.3 Å². The first-order valence-corrected chi connectivity index (χ1v) is 11.1. The second kappa shape index (κ2) is 11.6. The Kier molecular flexibility index (Phi) is 8.90. The predicted octanol–water partition coefficient (Wildman–Crippen LogP) is 3.53. The number of nitrogens with one attached hydrogen (secondary N) is 2. The topological polar surface area (TPSA) is 48.9 Å². The first-order valence-electron chi connectivity index (χ1n) is 10.7. The maximum atomic E-state index is 6.29. The molecule has 0 aromatic heterocycles. The molecular weight excluding hydrogens is 372 g/mol. The molecule has 6 heteroatoms. The van der Waals surface area contributed by atoms with Crippen LogP contribution >= 0.6 is 11.6 Å². The van der Waals surface area contributed by atoms with Crippen LogP contribution in [-0.2, 0) is 11.3 Å². The van der Waals surface area contributed by atoms with E-state index in [1.807, 2.05) is 19.2 Å². The summed E-state index contributed by atoms with van der Waals surface area (Å²) in [6, 6.07) is 8.16. The molecule has 1 heterocycles. The Morgan fingerprint density at radius 1 is 1.14 bits per heavy atom. The molecule has 1 aromatic carbocycles. The Balaban J connectivity index is 1.25. The molecule has 2 fully saturated rings. The van der Waals surface area contributed by atoms with Gasteiger partial charge in [-0.1, -0.05) is 29.8 Å². The summed E-state index contributed by atoms with van der Waals surface area (Å²) in [7, 11) is 1.84. The molecule has 1 saturated heterocycles. The summed E-state index contributed by atoms with van der Waals surface area (Å²) in [6.45, 7) is 6.88. The lowest BCUT2D eigenvalue weighted by Crippen LogP contribution is -2.43. The van der Waals surface area contributed by atoms with Crippen molar-refractivity contribution in [3.05, 3.63) is 34.9 Å². The van der Waals surface area contributed by atoms with Crippen molar-refractivity contribution in [2.24, 2.45) is 16.8 Å². The van der Waals surface area contributed by atoms with Crippen molar-refractivity contribution >= 4 is 17.6 Å². The molecule has 2 N–H and O–H groups in total. The summed E-state index contributed by atoms with van der Waals surface area (Å²) in [5, 5.41) is 7.76. The van der Waals surface area contributed by atoms with Gasteiger partial charge in [-0.15, -0.1) is 0 Å². The molecule has 5 nitrogen and oxygen atoms in total. The van der Waals surface area contributed by atoms with E-state index in [9.17, 15) is 0 Å². The first kappa shape index (κ1) is 21.4. The smallest absolute Gasteiger partial charge is 0.190 e. The Bertz CT molecular complexity index is 612. The number of benzene rings is 1. The van der Waals surface area contributed by atoms with Crippen LogP contribution in [0.4, 0.5) is 0 Å². The minimum atomic E-state index is 0.697. The summed E-state index contributed by atoms with van der Waals surface area (Å²) in [4.78, 5) is 6.84.